The van der Waals surface area contributed by atoms with Gasteiger partial charge >= 0.3 is 0 Å². The highest BCUT2D eigenvalue weighted by Crippen LogP contribution is 2.34. The largest absolute Gasteiger partial charge is 0.309 e. The smallest absolute Gasteiger partial charge is 0.125 e. The summed E-state index contributed by atoms with van der Waals surface area (Å²) in [4.78, 5) is 9.23. The van der Waals surface area contributed by atoms with Gasteiger partial charge in [0.2, 0.25) is 0 Å². The normalized spacial score (nSPS) is 12.7. The maximum absolute atomic E-state index is 6.25. The van der Waals surface area contributed by atoms with Crippen LogP contribution in [0.15, 0.2) is 35.8 Å². The predicted octanol–water partition coefficient (Wildman–Crippen LogP) is 4.68. The average molecular weight is 318 g/mol. The SMILES string of the molecule is CCNC(C)c1csc(-c2ccc(Cl)c3cccnc23)n1. The number of pyridine rings is 1. The molecule has 0 aliphatic carbocycles. The third-order valence-electron chi connectivity index (χ3n) is 3.42. The van der Waals surface area contributed by atoms with Crippen molar-refractivity contribution >= 4 is 33.8 Å². The summed E-state index contributed by atoms with van der Waals surface area (Å²) in [5, 5.41) is 8.15. The standard InChI is InChI=1S/C16H16ClN3S/c1-3-18-10(2)14-9-21-16(20-14)12-6-7-13(17)11-5-4-8-19-15(11)12/h4-10,18H,3H2,1-2H3. The van der Waals surface area contributed by atoms with E-state index in [-0.39, 0.29) is 6.04 Å². The number of nitrogens with zero attached hydrogens (tertiary/aromatic N) is 2. The van der Waals surface area contributed by atoms with E-state index in [0.29, 0.717) is 0 Å². The number of fused-ring (bicyclic) bond motifs is 1. The summed E-state index contributed by atoms with van der Waals surface area (Å²) in [7, 11) is 0. The summed E-state index contributed by atoms with van der Waals surface area (Å²) < 4.78 is 0. The van der Waals surface area contributed by atoms with Crippen molar-refractivity contribution in [1.29, 1.82) is 0 Å². The molecule has 1 unspecified atom stereocenters. The highest BCUT2D eigenvalue weighted by atomic mass is 35.5. The summed E-state index contributed by atoms with van der Waals surface area (Å²) in [5.74, 6) is 0. The van der Waals surface area contributed by atoms with Crippen molar-refractivity contribution in [2.75, 3.05) is 6.54 Å². The Bertz CT molecular complexity index is 769. The van der Waals surface area contributed by atoms with Crippen LogP contribution >= 0.6 is 22.9 Å². The van der Waals surface area contributed by atoms with Crippen molar-refractivity contribution in [3.63, 3.8) is 0 Å². The minimum absolute atomic E-state index is 0.256. The molecule has 3 nitrogen and oxygen atoms in total. The molecule has 0 saturated carbocycles. The molecule has 1 N–H and O–H groups in total. The van der Waals surface area contributed by atoms with Crippen LogP contribution < -0.4 is 5.32 Å². The van der Waals surface area contributed by atoms with E-state index in [0.717, 1.165) is 38.7 Å². The van der Waals surface area contributed by atoms with Gasteiger partial charge in [-0.3, -0.25) is 4.98 Å². The number of aromatic nitrogens is 2. The van der Waals surface area contributed by atoms with Crippen molar-refractivity contribution < 1.29 is 0 Å². The summed E-state index contributed by atoms with van der Waals surface area (Å²) in [6, 6.07) is 8.06. The molecule has 0 aliphatic rings. The fourth-order valence-electron chi connectivity index (χ4n) is 2.33. The predicted molar refractivity (Wildman–Crippen MR) is 90.0 cm³/mol. The molecule has 0 amide bonds. The van der Waals surface area contributed by atoms with Gasteiger partial charge in [0.25, 0.3) is 0 Å². The Hall–Kier alpha value is -1.49. The second-order valence-corrected chi connectivity index (χ2v) is 6.12. The third-order valence-corrected chi connectivity index (χ3v) is 4.65. The molecule has 2 aromatic heterocycles. The molecule has 1 aromatic carbocycles. The topological polar surface area (TPSA) is 37.8 Å². The number of benzene rings is 1. The first-order valence-electron chi connectivity index (χ1n) is 6.93. The van der Waals surface area contributed by atoms with Crippen LogP contribution in [-0.4, -0.2) is 16.5 Å². The van der Waals surface area contributed by atoms with Crippen LogP contribution in [0.4, 0.5) is 0 Å². The molecule has 0 saturated heterocycles. The lowest BCUT2D eigenvalue weighted by molar-refractivity contribution is 0.587. The van der Waals surface area contributed by atoms with Crippen LogP contribution in [0, 0.1) is 0 Å². The third kappa shape index (κ3) is 2.79. The number of halogens is 1. The van der Waals surface area contributed by atoms with Gasteiger partial charge in [-0.05, 0) is 37.7 Å². The quantitative estimate of drug-likeness (QED) is 0.759. The first kappa shape index (κ1) is 14.4. The molecule has 0 aliphatic heterocycles. The fourth-order valence-corrected chi connectivity index (χ4v) is 3.48. The van der Waals surface area contributed by atoms with Crippen LogP contribution in [0.2, 0.25) is 5.02 Å². The van der Waals surface area contributed by atoms with Crippen LogP contribution in [0.25, 0.3) is 21.5 Å². The molecular formula is C16H16ClN3S. The minimum Gasteiger partial charge on any atom is -0.309 e. The lowest BCUT2D eigenvalue weighted by Crippen LogP contribution is -2.17. The number of hydrogen-bond acceptors (Lipinski definition) is 4. The first-order chi connectivity index (χ1) is 10.2. The maximum atomic E-state index is 6.25. The summed E-state index contributed by atoms with van der Waals surface area (Å²) in [6.45, 7) is 5.15. The Morgan fingerprint density at radius 2 is 2.19 bits per heavy atom. The Labute approximate surface area is 133 Å². The van der Waals surface area contributed by atoms with Gasteiger partial charge in [0, 0.05) is 28.6 Å². The molecule has 2 heterocycles. The van der Waals surface area contributed by atoms with E-state index in [9.17, 15) is 0 Å². The van der Waals surface area contributed by atoms with E-state index < -0.39 is 0 Å². The van der Waals surface area contributed by atoms with E-state index in [1.807, 2.05) is 24.3 Å². The lowest BCUT2D eigenvalue weighted by atomic mass is 10.1. The molecule has 5 heteroatoms. The molecular weight excluding hydrogens is 302 g/mol. The van der Waals surface area contributed by atoms with Crippen molar-refractivity contribution in [2.24, 2.45) is 0 Å². The number of nitrogens with one attached hydrogen (secondary N) is 1. The van der Waals surface area contributed by atoms with Gasteiger partial charge in [-0.15, -0.1) is 11.3 Å². The second kappa shape index (κ2) is 6.10. The van der Waals surface area contributed by atoms with Gasteiger partial charge in [-0.1, -0.05) is 18.5 Å². The van der Waals surface area contributed by atoms with Crippen molar-refractivity contribution in [3.8, 4) is 10.6 Å². The Morgan fingerprint density at radius 3 is 3.00 bits per heavy atom. The van der Waals surface area contributed by atoms with Crippen molar-refractivity contribution in [1.82, 2.24) is 15.3 Å². The van der Waals surface area contributed by atoms with Gasteiger partial charge in [0.05, 0.1) is 16.2 Å². The molecule has 1 atom stereocenters. The Balaban J connectivity index is 2.07. The molecule has 0 bridgehead atoms. The zero-order chi connectivity index (χ0) is 14.8. The molecule has 108 valence electrons. The zero-order valence-electron chi connectivity index (χ0n) is 11.9. The van der Waals surface area contributed by atoms with Gasteiger partial charge in [-0.25, -0.2) is 4.98 Å². The van der Waals surface area contributed by atoms with Gasteiger partial charge in [0.15, 0.2) is 0 Å². The monoisotopic (exact) mass is 317 g/mol. The molecule has 3 rings (SSSR count). The van der Waals surface area contributed by atoms with Gasteiger partial charge in [0.1, 0.15) is 5.01 Å². The fraction of sp³-hybridized carbons (Fsp3) is 0.250. The number of hydrogen-bond donors (Lipinski definition) is 1. The highest BCUT2D eigenvalue weighted by molar-refractivity contribution is 7.13. The van der Waals surface area contributed by atoms with E-state index >= 15 is 0 Å². The molecule has 0 fully saturated rings. The molecule has 0 radical (unpaired) electrons. The van der Waals surface area contributed by atoms with E-state index in [2.05, 4.69) is 29.5 Å². The zero-order valence-corrected chi connectivity index (χ0v) is 13.5. The molecule has 21 heavy (non-hydrogen) atoms. The summed E-state index contributed by atoms with van der Waals surface area (Å²) in [6.07, 6.45) is 1.79. The lowest BCUT2D eigenvalue weighted by Gasteiger charge is -2.08. The van der Waals surface area contributed by atoms with Gasteiger partial charge < -0.3 is 5.32 Å². The van der Waals surface area contributed by atoms with Crippen LogP contribution in [0.1, 0.15) is 25.6 Å². The molecule has 0 spiro atoms. The van der Waals surface area contributed by atoms with E-state index in [1.54, 1.807) is 17.5 Å². The van der Waals surface area contributed by atoms with Crippen molar-refractivity contribution in [2.45, 2.75) is 19.9 Å². The van der Waals surface area contributed by atoms with Crippen LogP contribution in [-0.2, 0) is 0 Å². The number of thiazole rings is 1. The summed E-state index contributed by atoms with van der Waals surface area (Å²) in [5.41, 5.74) is 3.01. The number of rotatable bonds is 4. The highest BCUT2D eigenvalue weighted by Gasteiger charge is 2.13. The minimum atomic E-state index is 0.256. The van der Waals surface area contributed by atoms with Gasteiger partial charge in [-0.2, -0.15) is 0 Å². The van der Waals surface area contributed by atoms with E-state index in [1.165, 1.54) is 0 Å². The first-order valence-corrected chi connectivity index (χ1v) is 8.19. The van der Waals surface area contributed by atoms with E-state index in [4.69, 9.17) is 16.6 Å². The van der Waals surface area contributed by atoms with Crippen LogP contribution in [0.5, 0.6) is 0 Å². The maximum Gasteiger partial charge on any atom is 0.125 e. The molecule has 3 aromatic rings. The van der Waals surface area contributed by atoms with Crippen LogP contribution in [0.3, 0.4) is 0 Å². The van der Waals surface area contributed by atoms with Crippen molar-refractivity contribution in [3.05, 3.63) is 46.6 Å². The Morgan fingerprint density at radius 1 is 1.33 bits per heavy atom. The Kier molecular flexibility index (Phi) is 4.19. The second-order valence-electron chi connectivity index (χ2n) is 4.85. The summed E-state index contributed by atoms with van der Waals surface area (Å²) >= 11 is 7.89. The average Bonchev–Trinajstić information content (AvgIpc) is 2.98.